The first-order chi connectivity index (χ1) is 14.1. The average Bonchev–Trinajstić information content (AvgIpc) is 2.70. The van der Waals surface area contributed by atoms with E-state index >= 15 is 0 Å². The van der Waals surface area contributed by atoms with Crippen molar-refractivity contribution in [2.45, 2.75) is 110 Å². The molecule has 2 N–H and O–H groups in total. The number of ether oxygens (including phenoxy) is 1. The van der Waals surface area contributed by atoms with Gasteiger partial charge in [-0.2, -0.15) is 0 Å². The Kier molecular flexibility index (Phi) is 15.0. The highest BCUT2D eigenvalue weighted by molar-refractivity contribution is 5.88. The van der Waals surface area contributed by atoms with Gasteiger partial charge >= 0.3 is 5.97 Å². The van der Waals surface area contributed by atoms with Crippen molar-refractivity contribution in [2.75, 3.05) is 6.61 Å². The predicted octanol–water partition coefficient (Wildman–Crippen LogP) is 7.73. The van der Waals surface area contributed by atoms with Crippen molar-refractivity contribution >= 4 is 5.97 Å². The van der Waals surface area contributed by atoms with Crippen LogP contribution in [-0.2, 0) is 0 Å². The van der Waals surface area contributed by atoms with Gasteiger partial charge in [0.05, 0.1) is 12.2 Å². The Morgan fingerprint density at radius 1 is 0.724 bits per heavy atom. The first-order valence-electron chi connectivity index (χ1n) is 11.8. The zero-order valence-corrected chi connectivity index (χ0v) is 18.5. The monoisotopic (exact) mass is 406 g/mol. The zero-order valence-electron chi connectivity index (χ0n) is 18.5. The minimum absolute atomic E-state index is 0.0481. The molecule has 0 heterocycles. The molecule has 0 aliphatic rings. The number of aromatic hydroxyl groups is 1. The van der Waals surface area contributed by atoms with E-state index in [1.165, 1.54) is 108 Å². The number of hydrogen-bond acceptors (Lipinski definition) is 3. The van der Waals surface area contributed by atoms with E-state index in [0.29, 0.717) is 12.4 Å². The second-order valence-electron chi connectivity index (χ2n) is 8.17. The lowest BCUT2D eigenvalue weighted by Gasteiger charge is -2.08. The average molecular weight is 407 g/mol. The molecule has 0 spiro atoms. The Bertz CT molecular complexity index is 542. The molecule has 0 saturated heterocycles. The molecule has 0 radical (unpaired) electrons. The molecule has 0 amide bonds. The maximum Gasteiger partial charge on any atom is 0.335 e. The highest BCUT2D eigenvalue weighted by Crippen LogP contribution is 2.22. The fourth-order valence-electron chi connectivity index (χ4n) is 3.63. The van der Waals surface area contributed by atoms with Crippen LogP contribution in [0.15, 0.2) is 18.2 Å². The SMILES string of the molecule is CCCCCCCCCCCCCCCCCCOc1cc(O)cc(C(=O)O)c1. The van der Waals surface area contributed by atoms with Crippen LogP contribution in [-0.4, -0.2) is 22.8 Å². The standard InChI is InChI=1S/C25H42O4/c1-2-3-4-5-6-7-8-9-10-11-12-13-14-15-16-17-18-29-24-20-22(25(27)28)19-23(26)21-24/h19-21,26H,2-18H2,1H3,(H,27,28). The van der Waals surface area contributed by atoms with Gasteiger partial charge in [-0.15, -0.1) is 0 Å². The summed E-state index contributed by atoms with van der Waals surface area (Å²) in [6, 6.07) is 4.14. The van der Waals surface area contributed by atoms with Crippen LogP contribution in [0.25, 0.3) is 0 Å². The predicted molar refractivity (Wildman–Crippen MR) is 120 cm³/mol. The molecule has 0 unspecified atom stereocenters. The number of carboxylic acid groups (broad SMARTS) is 1. The van der Waals surface area contributed by atoms with Gasteiger partial charge < -0.3 is 14.9 Å². The van der Waals surface area contributed by atoms with E-state index in [2.05, 4.69) is 6.92 Å². The number of aromatic carboxylic acids is 1. The van der Waals surface area contributed by atoms with Crippen LogP contribution >= 0.6 is 0 Å². The quantitative estimate of drug-likeness (QED) is 0.231. The van der Waals surface area contributed by atoms with Gasteiger partial charge in [-0.1, -0.05) is 103 Å². The first-order valence-corrected chi connectivity index (χ1v) is 11.8. The van der Waals surface area contributed by atoms with Crippen LogP contribution in [0.4, 0.5) is 0 Å². The molecule has 0 bridgehead atoms. The topological polar surface area (TPSA) is 66.8 Å². The van der Waals surface area contributed by atoms with Crippen LogP contribution in [0.3, 0.4) is 0 Å². The summed E-state index contributed by atoms with van der Waals surface area (Å²) in [7, 11) is 0. The molecule has 0 aliphatic carbocycles. The van der Waals surface area contributed by atoms with E-state index in [9.17, 15) is 9.90 Å². The summed E-state index contributed by atoms with van der Waals surface area (Å²) >= 11 is 0. The van der Waals surface area contributed by atoms with Crippen LogP contribution < -0.4 is 4.74 Å². The largest absolute Gasteiger partial charge is 0.508 e. The highest BCUT2D eigenvalue weighted by Gasteiger charge is 2.07. The summed E-state index contributed by atoms with van der Waals surface area (Å²) in [5.74, 6) is -0.719. The van der Waals surface area contributed by atoms with Gasteiger partial charge in [-0.05, 0) is 18.6 Å². The van der Waals surface area contributed by atoms with Crippen molar-refractivity contribution < 1.29 is 19.7 Å². The van der Waals surface area contributed by atoms with E-state index < -0.39 is 5.97 Å². The Morgan fingerprint density at radius 2 is 1.17 bits per heavy atom. The Hall–Kier alpha value is -1.71. The highest BCUT2D eigenvalue weighted by atomic mass is 16.5. The Labute approximate surface area is 177 Å². The molecule has 0 fully saturated rings. The van der Waals surface area contributed by atoms with Crippen LogP contribution in [0.5, 0.6) is 11.5 Å². The lowest BCUT2D eigenvalue weighted by atomic mass is 10.0. The smallest absolute Gasteiger partial charge is 0.335 e. The van der Waals surface area contributed by atoms with E-state index in [0.717, 1.165) is 12.8 Å². The van der Waals surface area contributed by atoms with E-state index in [-0.39, 0.29) is 11.3 Å². The van der Waals surface area contributed by atoms with Crippen LogP contribution in [0.1, 0.15) is 120 Å². The normalized spacial score (nSPS) is 10.9. The maximum absolute atomic E-state index is 11.0. The molecular formula is C25H42O4. The third-order valence-corrected chi connectivity index (χ3v) is 5.40. The van der Waals surface area contributed by atoms with Gasteiger partial charge in [0, 0.05) is 6.07 Å². The van der Waals surface area contributed by atoms with Gasteiger partial charge in [-0.3, -0.25) is 0 Å². The summed E-state index contributed by atoms with van der Waals surface area (Å²) < 4.78 is 5.57. The molecule has 0 saturated carbocycles. The van der Waals surface area contributed by atoms with Gasteiger partial charge in [0.15, 0.2) is 0 Å². The van der Waals surface area contributed by atoms with Crippen molar-refractivity contribution in [3.8, 4) is 11.5 Å². The van der Waals surface area contributed by atoms with Gasteiger partial charge in [0.1, 0.15) is 11.5 Å². The molecule has 4 nitrogen and oxygen atoms in total. The van der Waals surface area contributed by atoms with Crippen LogP contribution in [0.2, 0.25) is 0 Å². The second-order valence-corrected chi connectivity index (χ2v) is 8.17. The fraction of sp³-hybridized carbons (Fsp3) is 0.720. The number of unbranched alkanes of at least 4 members (excludes halogenated alkanes) is 15. The minimum atomic E-state index is -1.06. The summed E-state index contributed by atoms with van der Waals surface area (Å²) in [4.78, 5) is 11.0. The molecule has 29 heavy (non-hydrogen) atoms. The number of rotatable bonds is 19. The molecule has 1 rings (SSSR count). The minimum Gasteiger partial charge on any atom is -0.508 e. The molecule has 0 atom stereocenters. The van der Waals surface area contributed by atoms with Crippen molar-refractivity contribution in [1.82, 2.24) is 0 Å². The Morgan fingerprint density at radius 3 is 1.62 bits per heavy atom. The van der Waals surface area contributed by atoms with Gasteiger partial charge in [0.2, 0.25) is 0 Å². The van der Waals surface area contributed by atoms with Crippen LogP contribution in [0, 0.1) is 0 Å². The zero-order chi connectivity index (χ0) is 21.2. The van der Waals surface area contributed by atoms with E-state index in [1.54, 1.807) is 0 Å². The molecule has 0 aliphatic heterocycles. The number of carbonyl (C=O) groups is 1. The molecule has 0 aromatic heterocycles. The fourth-order valence-corrected chi connectivity index (χ4v) is 3.63. The molecule has 1 aromatic carbocycles. The lowest BCUT2D eigenvalue weighted by Crippen LogP contribution is -2.00. The number of phenols is 1. The lowest BCUT2D eigenvalue weighted by molar-refractivity contribution is 0.0696. The third-order valence-electron chi connectivity index (χ3n) is 5.40. The van der Waals surface area contributed by atoms with Gasteiger partial charge in [-0.25, -0.2) is 4.79 Å². The number of hydrogen-bond donors (Lipinski definition) is 2. The molecule has 166 valence electrons. The molecule has 4 heteroatoms. The summed E-state index contributed by atoms with van der Waals surface area (Å²) in [6.07, 6.45) is 21.3. The first kappa shape index (κ1) is 25.3. The molecule has 1 aromatic rings. The number of phenolic OH excluding ortho intramolecular Hbond substituents is 1. The maximum atomic E-state index is 11.0. The van der Waals surface area contributed by atoms with E-state index in [1.807, 2.05) is 0 Å². The van der Waals surface area contributed by atoms with Crippen molar-refractivity contribution in [3.63, 3.8) is 0 Å². The summed E-state index contributed by atoms with van der Waals surface area (Å²) in [5.41, 5.74) is 0.0481. The molecular weight excluding hydrogens is 364 g/mol. The third kappa shape index (κ3) is 14.0. The van der Waals surface area contributed by atoms with Gasteiger partial charge in [0.25, 0.3) is 0 Å². The number of carboxylic acids is 1. The number of benzene rings is 1. The van der Waals surface area contributed by atoms with E-state index in [4.69, 9.17) is 9.84 Å². The van der Waals surface area contributed by atoms with Crippen molar-refractivity contribution in [1.29, 1.82) is 0 Å². The van der Waals surface area contributed by atoms with Crippen molar-refractivity contribution in [3.05, 3.63) is 23.8 Å². The summed E-state index contributed by atoms with van der Waals surface area (Å²) in [6.45, 7) is 2.83. The van der Waals surface area contributed by atoms with Crippen molar-refractivity contribution in [2.24, 2.45) is 0 Å². The summed E-state index contributed by atoms with van der Waals surface area (Å²) in [5, 5.41) is 18.5. The second kappa shape index (κ2) is 17.2. The Balaban J connectivity index is 1.87.